The van der Waals surface area contributed by atoms with Crippen LogP contribution >= 0.6 is 0 Å². The van der Waals surface area contributed by atoms with Crippen LogP contribution in [0.4, 0.5) is 0 Å². The van der Waals surface area contributed by atoms with Gasteiger partial charge in [-0.05, 0) is 30.4 Å². The first-order valence-corrected chi connectivity index (χ1v) is 11.0. The minimum absolute atomic E-state index is 0.00249. The predicted octanol–water partition coefficient (Wildman–Crippen LogP) is 2.73. The Balaban J connectivity index is 1.52. The second-order valence-corrected chi connectivity index (χ2v) is 8.96. The molecule has 27 heavy (non-hydrogen) atoms. The van der Waals surface area contributed by atoms with Gasteiger partial charge in [-0.25, -0.2) is 8.42 Å². The van der Waals surface area contributed by atoms with Crippen LogP contribution in [0.15, 0.2) is 60.7 Å². The van der Waals surface area contributed by atoms with E-state index in [-0.39, 0.29) is 17.7 Å². The molecule has 2 aromatic carbocycles. The summed E-state index contributed by atoms with van der Waals surface area (Å²) in [6, 6.07) is 19.0. The summed E-state index contributed by atoms with van der Waals surface area (Å²) in [6.45, 7) is 0.873. The fourth-order valence-electron chi connectivity index (χ4n) is 3.39. The van der Waals surface area contributed by atoms with Crippen molar-refractivity contribution < 1.29 is 13.2 Å². The molecule has 0 bridgehead atoms. The van der Waals surface area contributed by atoms with Crippen molar-refractivity contribution in [1.82, 2.24) is 9.62 Å². The maximum absolute atomic E-state index is 12.7. The number of carbonyl (C=O) groups excluding carboxylic acids is 1. The molecule has 1 N–H and O–H groups in total. The van der Waals surface area contributed by atoms with E-state index in [0.29, 0.717) is 25.9 Å². The molecule has 1 fully saturated rings. The van der Waals surface area contributed by atoms with Crippen LogP contribution in [-0.4, -0.2) is 37.8 Å². The summed E-state index contributed by atoms with van der Waals surface area (Å²) < 4.78 is 26.9. The van der Waals surface area contributed by atoms with Gasteiger partial charge in [0.15, 0.2) is 0 Å². The maximum atomic E-state index is 12.7. The number of aryl methyl sites for hydroxylation is 1. The Morgan fingerprint density at radius 2 is 1.63 bits per heavy atom. The molecule has 1 atom stereocenters. The van der Waals surface area contributed by atoms with Gasteiger partial charge in [0.25, 0.3) is 0 Å². The van der Waals surface area contributed by atoms with E-state index in [9.17, 15) is 13.2 Å². The van der Waals surface area contributed by atoms with Crippen molar-refractivity contribution in [3.63, 3.8) is 0 Å². The minimum Gasteiger partial charge on any atom is -0.352 e. The van der Waals surface area contributed by atoms with E-state index in [1.54, 1.807) is 0 Å². The number of rotatable bonds is 7. The number of benzene rings is 2. The topological polar surface area (TPSA) is 66.5 Å². The summed E-state index contributed by atoms with van der Waals surface area (Å²) in [5, 5.41) is 3.01. The normalized spacial score (nSPS) is 18.1. The Morgan fingerprint density at radius 3 is 2.30 bits per heavy atom. The smallest absolute Gasteiger partial charge is 0.220 e. The average molecular weight is 387 g/mol. The molecule has 5 nitrogen and oxygen atoms in total. The Labute approximate surface area is 161 Å². The van der Waals surface area contributed by atoms with E-state index in [2.05, 4.69) is 5.32 Å². The number of carbonyl (C=O) groups is 1. The van der Waals surface area contributed by atoms with Crippen molar-refractivity contribution in [3.05, 3.63) is 71.8 Å². The Hall–Kier alpha value is -2.18. The molecule has 0 aliphatic carbocycles. The van der Waals surface area contributed by atoms with Crippen molar-refractivity contribution in [2.75, 3.05) is 13.1 Å². The van der Waals surface area contributed by atoms with Gasteiger partial charge in [0.2, 0.25) is 15.9 Å². The Kier molecular flexibility index (Phi) is 6.63. The largest absolute Gasteiger partial charge is 0.352 e. The molecule has 2 aromatic rings. The fraction of sp³-hybridized carbons (Fsp3) is 0.381. The van der Waals surface area contributed by atoms with Gasteiger partial charge in [-0.3, -0.25) is 4.79 Å². The first-order chi connectivity index (χ1) is 13.0. The van der Waals surface area contributed by atoms with Gasteiger partial charge in [-0.1, -0.05) is 60.7 Å². The van der Waals surface area contributed by atoms with Crippen LogP contribution < -0.4 is 5.32 Å². The van der Waals surface area contributed by atoms with Crippen LogP contribution in [0.3, 0.4) is 0 Å². The Bertz CT molecular complexity index is 838. The summed E-state index contributed by atoms with van der Waals surface area (Å²) >= 11 is 0. The molecular weight excluding hydrogens is 360 g/mol. The SMILES string of the molecule is O=C(CCc1ccccc1)NC1CCCN(S(=O)(=O)Cc2ccccc2)C1. The van der Waals surface area contributed by atoms with Crippen LogP contribution in [0.2, 0.25) is 0 Å². The lowest BCUT2D eigenvalue weighted by Crippen LogP contribution is -2.49. The molecule has 1 saturated heterocycles. The highest BCUT2D eigenvalue weighted by molar-refractivity contribution is 7.88. The summed E-state index contributed by atoms with van der Waals surface area (Å²) in [4.78, 5) is 12.3. The number of sulfonamides is 1. The lowest BCUT2D eigenvalue weighted by atomic mass is 10.1. The van der Waals surface area contributed by atoms with E-state index in [1.807, 2.05) is 60.7 Å². The van der Waals surface area contributed by atoms with Gasteiger partial charge in [0, 0.05) is 25.6 Å². The van der Waals surface area contributed by atoms with Gasteiger partial charge in [0.05, 0.1) is 5.75 Å². The molecule has 0 radical (unpaired) electrons. The standard InChI is InChI=1S/C21H26N2O3S/c24-21(14-13-18-8-3-1-4-9-18)22-20-12-7-15-23(16-20)27(25,26)17-19-10-5-2-6-11-19/h1-6,8-11,20H,7,12-17H2,(H,22,24). The average Bonchev–Trinajstić information content (AvgIpc) is 2.68. The second kappa shape index (κ2) is 9.15. The van der Waals surface area contributed by atoms with Crippen molar-refractivity contribution >= 4 is 15.9 Å². The molecule has 1 heterocycles. The number of piperidine rings is 1. The first kappa shape index (κ1) is 19.6. The van der Waals surface area contributed by atoms with Gasteiger partial charge in [-0.15, -0.1) is 0 Å². The molecule has 144 valence electrons. The molecule has 1 aliphatic rings. The van der Waals surface area contributed by atoms with Crippen molar-refractivity contribution in [1.29, 1.82) is 0 Å². The third-order valence-electron chi connectivity index (χ3n) is 4.82. The zero-order valence-electron chi connectivity index (χ0n) is 15.4. The zero-order chi connectivity index (χ0) is 19.1. The van der Waals surface area contributed by atoms with Crippen molar-refractivity contribution in [2.45, 2.75) is 37.5 Å². The third-order valence-corrected chi connectivity index (χ3v) is 6.63. The molecule has 1 amide bonds. The maximum Gasteiger partial charge on any atom is 0.220 e. The first-order valence-electron chi connectivity index (χ1n) is 9.38. The number of hydrogen-bond donors (Lipinski definition) is 1. The van der Waals surface area contributed by atoms with E-state index in [4.69, 9.17) is 0 Å². The molecule has 1 unspecified atom stereocenters. The van der Waals surface area contributed by atoms with Crippen LogP contribution in [0.5, 0.6) is 0 Å². The van der Waals surface area contributed by atoms with E-state index < -0.39 is 10.0 Å². The van der Waals surface area contributed by atoms with Gasteiger partial charge < -0.3 is 5.32 Å². The van der Waals surface area contributed by atoms with E-state index in [1.165, 1.54) is 4.31 Å². The number of hydrogen-bond acceptors (Lipinski definition) is 3. The van der Waals surface area contributed by atoms with Crippen LogP contribution in [0.1, 0.15) is 30.4 Å². The molecule has 6 heteroatoms. The molecule has 1 aliphatic heterocycles. The summed E-state index contributed by atoms with van der Waals surface area (Å²) in [5.74, 6) is -0.0196. The van der Waals surface area contributed by atoms with Crippen LogP contribution in [0, 0.1) is 0 Å². The Morgan fingerprint density at radius 1 is 1.00 bits per heavy atom. The molecule has 0 saturated carbocycles. The second-order valence-electron chi connectivity index (χ2n) is 6.99. The molecule has 3 rings (SSSR count). The van der Waals surface area contributed by atoms with E-state index >= 15 is 0 Å². The van der Waals surface area contributed by atoms with Crippen molar-refractivity contribution in [3.8, 4) is 0 Å². The lowest BCUT2D eigenvalue weighted by molar-refractivity contribution is -0.122. The fourth-order valence-corrected chi connectivity index (χ4v) is 5.00. The predicted molar refractivity (Wildman–Crippen MR) is 107 cm³/mol. The summed E-state index contributed by atoms with van der Waals surface area (Å²) in [5.41, 5.74) is 1.91. The molecular formula is C21H26N2O3S. The molecule has 0 aromatic heterocycles. The summed E-state index contributed by atoms with van der Waals surface area (Å²) in [6.07, 6.45) is 2.68. The third kappa shape index (κ3) is 5.91. The highest BCUT2D eigenvalue weighted by Crippen LogP contribution is 2.18. The zero-order valence-corrected chi connectivity index (χ0v) is 16.2. The number of nitrogens with zero attached hydrogens (tertiary/aromatic N) is 1. The highest BCUT2D eigenvalue weighted by Gasteiger charge is 2.29. The minimum atomic E-state index is -3.38. The highest BCUT2D eigenvalue weighted by atomic mass is 32.2. The number of amides is 1. The number of nitrogens with one attached hydrogen (secondary N) is 1. The van der Waals surface area contributed by atoms with Gasteiger partial charge >= 0.3 is 0 Å². The van der Waals surface area contributed by atoms with Gasteiger partial charge in [0.1, 0.15) is 0 Å². The van der Waals surface area contributed by atoms with Crippen molar-refractivity contribution in [2.24, 2.45) is 0 Å². The quantitative estimate of drug-likeness (QED) is 0.796. The monoisotopic (exact) mass is 386 g/mol. The summed E-state index contributed by atoms with van der Waals surface area (Å²) in [7, 11) is -3.38. The van der Waals surface area contributed by atoms with Crippen LogP contribution in [-0.2, 0) is 27.0 Å². The van der Waals surface area contributed by atoms with Crippen LogP contribution in [0.25, 0.3) is 0 Å². The lowest BCUT2D eigenvalue weighted by Gasteiger charge is -2.32. The molecule has 0 spiro atoms. The van der Waals surface area contributed by atoms with E-state index in [0.717, 1.165) is 24.0 Å². The van der Waals surface area contributed by atoms with Gasteiger partial charge in [-0.2, -0.15) is 4.31 Å².